The zero-order valence-electron chi connectivity index (χ0n) is 19.7. The number of carbonyl (C=O) groups excluding carboxylic acids is 1. The van der Waals surface area contributed by atoms with Crippen LogP contribution in [0.15, 0.2) is 65.2 Å². The van der Waals surface area contributed by atoms with Gasteiger partial charge in [-0.25, -0.2) is 0 Å². The first-order valence-electron chi connectivity index (χ1n) is 12.0. The number of para-hydroxylation sites is 1. The molecule has 0 unspecified atom stereocenters. The van der Waals surface area contributed by atoms with Crippen LogP contribution in [-0.4, -0.2) is 27.8 Å². The van der Waals surface area contributed by atoms with Crippen molar-refractivity contribution < 1.29 is 24.3 Å². The smallest absolute Gasteiger partial charge is 0.211 e. The molecule has 0 saturated heterocycles. The summed E-state index contributed by atoms with van der Waals surface area (Å²) in [6, 6.07) is 15.2. The third-order valence-electron chi connectivity index (χ3n) is 5.62. The van der Waals surface area contributed by atoms with E-state index in [2.05, 4.69) is 12.1 Å². The number of nitrogens with zero attached hydrogens (tertiary/aromatic N) is 1. The van der Waals surface area contributed by atoms with Crippen LogP contribution in [0.5, 0.6) is 11.5 Å². The maximum atomic E-state index is 12.4. The van der Waals surface area contributed by atoms with Crippen molar-refractivity contribution in [3.63, 3.8) is 0 Å². The quantitative estimate of drug-likeness (QED) is 0.112. The molecule has 2 aromatic carbocycles. The van der Waals surface area contributed by atoms with Gasteiger partial charge in [0.05, 0.1) is 12.2 Å². The van der Waals surface area contributed by atoms with Crippen LogP contribution in [0.3, 0.4) is 0 Å². The summed E-state index contributed by atoms with van der Waals surface area (Å²) in [5.41, 5.74) is 0.994. The number of allylic oxidation sites excluding steroid dienone is 1. The van der Waals surface area contributed by atoms with Crippen LogP contribution in [0.2, 0.25) is 0 Å². The SMILES string of the molecule is CCCCCCCCCCOc1ccc(-c2cc(C(=O)/C=C(\O)c3ccccc3O)no2)cc1. The number of benzene rings is 2. The van der Waals surface area contributed by atoms with Gasteiger partial charge in [-0.2, -0.15) is 0 Å². The number of aromatic hydroxyl groups is 1. The van der Waals surface area contributed by atoms with E-state index in [-0.39, 0.29) is 22.8 Å². The minimum Gasteiger partial charge on any atom is -0.507 e. The third-order valence-corrected chi connectivity index (χ3v) is 5.62. The van der Waals surface area contributed by atoms with E-state index in [0.29, 0.717) is 12.4 Å². The zero-order valence-corrected chi connectivity index (χ0v) is 19.7. The molecule has 1 aromatic heterocycles. The topological polar surface area (TPSA) is 92.8 Å². The highest BCUT2D eigenvalue weighted by atomic mass is 16.5. The van der Waals surface area contributed by atoms with Crippen molar-refractivity contribution in [2.45, 2.75) is 58.3 Å². The van der Waals surface area contributed by atoms with E-state index in [1.165, 1.54) is 63.1 Å². The minimum absolute atomic E-state index is 0.0620. The van der Waals surface area contributed by atoms with Crippen LogP contribution < -0.4 is 4.74 Å². The number of phenols is 1. The summed E-state index contributed by atoms with van der Waals surface area (Å²) in [5.74, 6) is 0.243. The fourth-order valence-corrected chi connectivity index (χ4v) is 3.63. The van der Waals surface area contributed by atoms with Crippen molar-refractivity contribution in [2.24, 2.45) is 0 Å². The number of rotatable bonds is 14. The number of aliphatic hydroxyl groups is 1. The van der Waals surface area contributed by atoms with Gasteiger partial charge in [-0.3, -0.25) is 4.79 Å². The Balaban J connectivity index is 1.47. The van der Waals surface area contributed by atoms with E-state index < -0.39 is 5.78 Å². The summed E-state index contributed by atoms with van der Waals surface area (Å²) in [7, 11) is 0. The largest absolute Gasteiger partial charge is 0.507 e. The molecule has 0 aliphatic heterocycles. The lowest BCUT2D eigenvalue weighted by Crippen LogP contribution is -1.97. The number of phenolic OH excluding ortho intramolecular Hbond substituents is 1. The molecule has 2 N–H and O–H groups in total. The highest BCUT2D eigenvalue weighted by molar-refractivity contribution is 6.07. The Morgan fingerprint density at radius 3 is 2.35 bits per heavy atom. The molecule has 1 heterocycles. The summed E-state index contributed by atoms with van der Waals surface area (Å²) in [6.07, 6.45) is 11.1. The molecule has 3 rings (SSSR count). The first-order chi connectivity index (χ1) is 16.6. The number of hydrogen-bond donors (Lipinski definition) is 2. The molecule has 3 aromatic rings. The number of ketones is 1. The van der Waals surface area contributed by atoms with Crippen LogP contribution in [0.4, 0.5) is 0 Å². The molecule has 0 saturated carbocycles. The van der Waals surface area contributed by atoms with Crippen molar-refractivity contribution in [1.29, 1.82) is 0 Å². The molecule has 180 valence electrons. The molecule has 0 amide bonds. The standard InChI is InChI=1S/C28H33NO5/c1-2-3-4-5-6-7-8-11-18-33-22-16-14-21(15-17-22)28-19-24(29-34-28)27(32)20-26(31)23-12-9-10-13-25(23)30/h9-10,12-17,19-20,30-31H,2-8,11,18H2,1H3/b26-20-. The molecule has 6 nitrogen and oxygen atoms in total. The van der Waals surface area contributed by atoms with Crippen LogP contribution in [0.1, 0.15) is 74.3 Å². The fourth-order valence-electron chi connectivity index (χ4n) is 3.63. The average molecular weight is 464 g/mol. The number of hydrogen-bond acceptors (Lipinski definition) is 6. The summed E-state index contributed by atoms with van der Waals surface area (Å²) in [4.78, 5) is 12.4. The molecular weight excluding hydrogens is 430 g/mol. The predicted octanol–water partition coefficient (Wildman–Crippen LogP) is 7.35. The summed E-state index contributed by atoms with van der Waals surface area (Å²) < 4.78 is 11.1. The second-order valence-electron chi connectivity index (χ2n) is 8.34. The lowest BCUT2D eigenvalue weighted by atomic mass is 10.1. The van der Waals surface area contributed by atoms with E-state index >= 15 is 0 Å². The summed E-state index contributed by atoms with van der Waals surface area (Å²) >= 11 is 0. The molecule has 0 bridgehead atoms. The van der Waals surface area contributed by atoms with Gasteiger partial charge in [0.15, 0.2) is 11.5 Å². The van der Waals surface area contributed by atoms with Crippen molar-refractivity contribution in [3.05, 3.63) is 71.9 Å². The molecule has 0 atom stereocenters. The summed E-state index contributed by atoms with van der Waals surface area (Å²) in [5, 5.41) is 23.8. The van der Waals surface area contributed by atoms with Crippen molar-refractivity contribution in [3.8, 4) is 22.8 Å². The number of ether oxygens (including phenoxy) is 1. The van der Waals surface area contributed by atoms with Gasteiger partial charge in [-0.1, -0.05) is 69.2 Å². The Morgan fingerprint density at radius 2 is 1.65 bits per heavy atom. The highest BCUT2D eigenvalue weighted by Crippen LogP contribution is 2.25. The van der Waals surface area contributed by atoms with E-state index in [4.69, 9.17) is 9.26 Å². The third kappa shape index (κ3) is 7.51. The number of aromatic nitrogens is 1. The van der Waals surface area contributed by atoms with E-state index in [9.17, 15) is 15.0 Å². The van der Waals surface area contributed by atoms with E-state index in [0.717, 1.165) is 23.8 Å². The minimum atomic E-state index is -0.527. The maximum Gasteiger partial charge on any atom is 0.211 e. The maximum absolute atomic E-state index is 12.4. The van der Waals surface area contributed by atoms with Crippen molar-refractivity contribution in [1.82, 2.24) is 5.16 Å². The molecule has 0 radical (unpaired) electrons. The first kappa shape index (κ1) is 25.1. The molecule has 6 heteroatoms. The molecule has 0 aliphatic carbocycles. The van der Waals surface area contributed by atoms with E-state index in [1.54, 1.807) is 12.1 Å². The Hall–Kier alpha value is -3.54. The number of aliphatic hydroxyl groups excluding tert-OH is 1. The molecule has 34 heavy (non-hydrogen) atoms. The van der Waals surface area contributed by atoms with Gasteiger partial charge in [-0.15, -0.1) is 0 Å². The number of unbranched alkanes of at least 4 members (excludes halogenated alkanes) is 7. The highest BCUT2D eigenvalue weighted by Gasteiger charge is 2.14. The number of carbonyl (C=O) groups is 1. The monoisotopic (exact) mass is 463 g/mol. The van der Waals surface area contributed by atoms with Gasteiger partial charge < -0.3 is 19.5 Å². The zero-order chi connectivity index (χ0) is 24.2. The van der Waals surface area contributed by atoms with Crippen LogP contribution >= 0.6 is 0 Å². The normalized spacial score (nSPS) is 11.5. The average Bonchev–Trinajstić information content (AvgIpc) is 3.34. The Bertz CT molecular complexity index is 1070. The van der Waals surface area contributed by atoms with Gasteiger partial charge >= 0.3 is 0 Å². The van der Waals surface area contributed by atoms with Gasteiger partial charge in [0, 0.05) is 17.7 Å². The second kappa shape index (κ2) is 13.2. The molecular formula is C28H33NO5. The predicted molar refractivity (Wildman–Crippen MR) is 133 cm³/mol. The van der Waals surface area contributed by atoms with Crippen LogP contribution in [-0.2, 0) is 0 Å². The van der Waals surface area contributed by atoms with Gasteiger partial charge in [-0.05, 0) is 42.8 Å². The van der Waals surface area contributed by atoms with Gasteiger partial charge in [0.25, 0.3) is 0 Å². The lowest BCUT2D eigenvalue weighted by Gasteiger charge is -2.06. The Kier molecular flexibility index (Phi) is 9.77. The van der Waals surface area contributed by atoms with Crippen LogP contribution in [0, 0.1) is 0 Å². The molecule has 0 fully saturated rings. The summed E-state index contributed by atoms with van der Waals surface area (Å²) in [6.45, 7) is 2.93. The lowest BCUT2D eigenvalue weighted by molar-refractivity contribution is 0.103. The van der Waals surface area contributed by atoms with Gasteiger partial charge in [0.2, 0.25) is 5.78 Å². The van der Waals surface area contributed by atoms with Crippen LogP contribution in [0.25, 0.3) is 17.1 Å². The first-order valence-corrected chi connectivity index (χ1v) is 12.0. The Labute approximate surface area is 200 Å². The van der Waals surface area contributed by atoms with Gasteiger partial charge in [0.1, 0.15) is 17.3 Å². The van der Waals surface area contributed by atoms with Crippen molar-refractivity contribution >= 4 is 11.5 Å². The second-order valence-corrected chi connectivity index (χ2v) is 8.34. The molecule has 0 spiro atoms. The van der Waals surface area contributed by atoms with E-state index in [1.807, 2.05) is 24.3 Å². The molecule has 0 aliphatic rings. The fraction of sp³-hybridized carbons (Fsp3) is 0.357. The van der Waals surface area contributed by atoms with Crippen molar-refractivity contribution in [2.75, 3.05) is 6.61 Å². The Morgan fingerprint density at radius 1 is 0.971 bits per heavy atom.